The zero-order chi connectivity index (χ0) is 9.80. The normalized spacial score (nSPS) is 17.1. The minimum Gasteiger partial charge on any atom is -0.368 e. The summed E-state index contributed by atoms with van der Waals surface area (Å²) in [6.07, 6.45) is 3.37. The highest BCUT2D eigenvalue weighted by Gasteiger charge is 2.10. The molecule has 1 fully saturated rings. The van der Waals surface area contributed by atoms with Gasteiger partial charge < -0.3 is 10.2 Å². The number of aromatic nitrogens is 1. The number of rotatable bonds is 2. The quantitative estimate of drug-likeness (QED) is 0.762. The Morgan fingerprint density at radius 1 is 1.36 bits per heavy atom. The fourth-order valence-electron chi connectivity index (χ4n) is 1.64. The Bertz CT molecular complexity index is 297. The van der Waals surface area contributed by atoms with E-state index in [0.29, 0.717) is 5.56 Å². The molecule has 0 bridgehead atoms. The third-order valence-corrected chi connectivity index (χ3v) is 2.42. The topological polar surface area (TPSA) is 28.2 Å². The first-order valence-corrected chi connectivity index (χ1v) is 4.86. The summed E-state index contributed by atoms with van der Waals surface area (Å²) in [4.78, 5) is 6.25. The molecule has 1 aromatic heterocycles. The first-order valence-electron chi connectivity index (χ1n) is 4.86. The van der Waals surface area contributed by atoms with Crippen molar-refractivity contribution in [3.63, 3.8) is 0 Å². The molecule has 1 aliphatic rings. The third-order valence-electron chi connectivity index (χ3n) is 2.42. The predicted molar refractivity (Wildman–Crippen MR) is 54.1 cm³/mol. The maximum absolute atomic E-state index is 12.4. The number of hydrogen-bond acceptors (Lipinski definition) is 3. The van der Waals surface area contributed by atoms with E-state index in [1.54, 1.807) is 12.4 Å². The van der Waals surface area contributed by atoms with Gasteiger partial charge in [-0.15, -0.1) is 0 Å². The molecule has 1 aromatic rings. The van der Waals surface area contributed by atoms with E-state index >= 15 is 0 Å². The van der Waals surface area contributed by atoms with Crippen LogP contribution in [0, 0.1) is 0 Å². The Morgan fingerprint density at radius 3 is 2.86 bits per heavy atom. The highest BCUT2D eigenvalue weighted by Crippen LogP contribution is 2.15. The largest absolute Gasteiger partial charge is 0.368 e. The first kappa shape index (κ1) is 9.40. The Hall–Kier alpha value is -1.16. The van der Waals surface area contributed by atoms with Gasteiger partial charge in [0.1, 0.15) is 6.67 Å². The summed E-state index contributed by atoms with van der Waals surface area (Å²) in [6.45, 7) is 3.47. The molecule has 0 aromatic carbocycles. The predicted octanol–water partition coefficient (Wildman–Crippen LogP) is 0.961. The van der Waals surface area contributed by atoms with Crippen molar-refractivity contribution in [1.82, 2.24) is 10.3 Å². The van der Waals surface area contributed by atoms with Crippen molar-refractivity contribution in [2.45, 2.75) is 6.67 Å². The van der Waals surface area contributed by atoms with E-state index in [-0.39, 0.29) is 0 Å². The van der Waals surface area contributed by atoms with Gasteiger partial charge in [0.25, 0.3) is 0 Å². The second-order valence-corrected chi connectivity index (χ2v) is 3.42. The molecule has 0 aliphatic carbocycles. The van der Waals surface area contributed by atoms with Gasteiger partial charge in [-0.3, -0.25) is 4.98 Å². The van der Waals surface area contributed by atoms with Crippen LogP contribution in [0.15, 0.2) is 18.5 Å². The van der Waals surface area contributed by atoms with Gasteiger partial charge >= 0.3 is 0 Å². The summed E-state index contributed by atoms with van der Waals surface area (Å²) in [5, 5.41) is 3.28. The second-order valence-electron chi connectivity index (χ2n) is 3.42. The summed E-state index contributed by atoms with van der Waals surface area (Å²) in [5.74, 6) is 0. The second kappa shape index (κ2) is 4.37. The molecule has 2 heterocycles. The number of nitrogens with zero attached hydrogens (tertiary/aromatic N) is 2. The average Bonchev–Trinajstić information content (AvgIpc) is 2.30. The van der Waals surface area contributed by atoms with Crippen molar-refractivity contribution in [3.05, 3.63) is 24.0 Å². The Balaban J connectivity index is 2.13. The maximum atomic E-state index is 12.4. The van der Waals surface area contributed by atoms with E-state index in [1.807, 2.05) is 6.07 Å². The van der Waals surface area contributed by atoms with Gasteiger partial charge in [0.15, 0.2) is 0 Å². The lowest BCUT2D eigenvalue weighted by Gasteiger charge is -2.29. The van der Waals surface area contributed by atoms with Crippen LogP contribution in [-0.2, 0) is 6.67 Å². The Kier molecular flexibility index (Phi) is 2.93. The lowest BCUT2D eigenvalue weighted by Crippen LogP contribution is -2.43. The number of alkyl halides is 1. The minimum absolute atomic E-state index is 0.438. The monoisotopic (exact) mass is 195 g/mol. The molecule has 1 aliphatic heterocycles. The third kappa shape index (κ3) is 2.01. The van der Waals surface area contributed by atoms with E-state index in [2.05, 4.69) is 15.2 Å². The van der Waals surface area contributed by atoms with E-state index in [0.717, 1.165) is 31.9 Å². The molecule has 76 valence electrons. The van der Waals surface area contributed by atoms with Crippen molar-refractivity contribution < 1.29 is 4.39 Å². The van der Waals surface area contributed by atoms with Crippen LogP contribution in [0.1, 0.15) is 5.56 Å². The molecular formula is C10H14FN3. The fourth-order valence-corrected chi connectivity index (χ4v) is 1.64. The van der Waals surface area contributed by atoms with Crippen LogP contribution in [0.4, 0.5) is 10.1 Å². The van der Waals surface area contributed by atoms with Crippen LogP contribution < -0.4 is 10.2 Å². The van der Waals surface area contributed by atoms with E-state index in [1.165, 1.54) is 0 Å². The summed E-state index contributed by atoms with van der Waals surface area (Å²) in [6, 6.07) is 1.87. The van der Waals surface area contributed by atoms with Crippen molar-refractivity contribution in [1.29, 1.82) is 0 Å². The number of nitrogens with one attached hydrogen (secondary N) is 1. The number of halogens is 1. The highest BCUT2D eigenvalue weighted by atomic mass is 19.1. The molecular weight excluding hydrogens is 181 g/mol. The lowest BCUT2D eigenvalue weighted by atomic mass is 10.2. The summed E-state index contributed by atoms with van der Waals surface area (Å²) in [5.41, 5.74) is 1.68. The maximum Gasteiger partial charge on any atom is 0.116 e. The van der Waals surface area contributed by atoms with Crippen molar-refractivity contribution in [2.75, 3.05) is 31.1 Å². The van der Waals surface area contributed by atoms with E-state index < -0.39 is 6.67 Å². The van der Waals surface area contributed by atoms with Crippen LogP contribution in [0.25, 0.3) is 0 Å². The molecule has 0 amide bonds. The molecule has 0 radical (unpaired) electrons. The summed E-state index contributed by atoms with van der Waals surface area (Å²) < 4.78 is 12.4. The van der Waals surface area contributed by atoms with Crippen LogP contribution in [0.5, 0.6) is 0 Å². The number of piperazine rings is 1. The van der Waals surface area contributed by atoms with Crippen LogP contribution in [-0.4, -0.2) is 31.2 Å². The summed E-state index contributed by atoms with van der Waals surface area (Å²) in [7, 11) is 0. The standard InChI is InChI=1S/C10H14FN3/c11-6-9-5-10(8-13-7-9)14-3-1-12-2-4-14/h5,7-8,12H,1-4,6H2. The zero-order valence-electron chi connectivity index (χ0n) is 8.04. The van der Waals surface area contributed by atoms with Gasteiger partial charge in [0, 0.05) is 37.9 Å². The molecule has 4 heteroatoms. The molecule has 0 atom stereocenters. The zero-order valence-corrected chi connectivity index (χ0v) is 8.04. The van der Waals surface area contributed by atoms with Crippen LogP contribution in [0.2, 0.25) is 0 Å². The average molecular weight is 195 g/mol. The Labute approximate surface area is 82.9 Å². The van der Waals surface area contributed by atoms with Crippen molar-refractivity contribution in [2.24, 2.45) is 0 Å². The first-order chi connectivity index (χ1) is 6.90. The van der Waals surface area contributed by atoms with Gasteiger partial charge in [0.2, 0.25) is 0 Å². The molecule has 0 unspecified atom stereocenters. The SMILES string of the molecule is FCc1cncc(N2CCNCC2)c1. The molecule has 1 saturated heterocycles. The van der Waals surface area contributed by atoms with Crippen molar-refractivity contribution in [3.8, 4) is 0 Å². The Morgan fingerprint density at radius 2 is 2.14 bits per heavy atom. The van der Waals surface area contributed by atoms with E-state index in [4.69, 9.17) is 0 Å². The minimum atomic E-state index is -0.438. The van der Waals surface area contributed by atoms with E-state index in [9.17, 15) is 4.39 Å². The van der Waals surface area contributed by atoms with Crippen LogP contribution >= 0.6 is 0 Å². The fraction of sp³-hybridized carbons (Fsp3) is 0.500. The highest BCUT2D eigenvalue weighted by molar-refractivity contribution is 5.46. The molecule has 0 saturated carbocycles. The van der Waals surface area contributed by atoms with Gasteiger partial charge in [-0.05, 0) is 6.07 Å². The molecule has 1 N–H and O–H groups in total. The molecule has 0 spiro atoms. The number of hydrogen-bond donors (Lipinski definition) is 1. The van der Waals surface area contributed by atoms with Gasteiger partial charge in [-0.25, -0.2) is 4.39 Å². The van der Waals surface area contributed by atoms with Gasteiger partial charge in [-0.1, -0.05) is 0 Å². The summed E-state index contributed by atoms with van der Waals surface area (Å²) >= 11 is 0. The smallest absolute Gasteiger partial charge is 0.116 e. The molecule has 2 rings (SSSR count). The molecule has 3 nitrogen and oxygen atoms in total. The molecule has 14 heavy (non-hydrogen) atoms. The lowest BCUT2D eigenvalue weighted by molar-refractivity contribution is 0.484. The number of pyridine rings is 1. The number of anilines is 1. The van der Waals surface area contributed by atoms with Crippen molar-refractivity contribution >= 4 is 5.69 Å². The van der Waals surface area contributed by atoms with Crippen LogP contribution in [0.3, 0.4) is 0 Å². The van der Waals surface area contributed by atoms with Gasteiger partial charge in [0.05, 0.1) is 11.9 Å². The van der Waals surface area contributed by atoms with Gasteiger partial charge in [-0.2, -0.15) is 0 Å².